The molecule has 0 aliphatic carbocycles. The van der Waals surface area contributed by atoms with Gasteiger partial charge in [-0.2, -0.15) is 11.3 Å². The fourth-order valence-corrected chi connectivity index (χ4v) is 4.20. The van der Waals surface area contributed by atoms with Crippen LogP contribution in [-0.2, 0) is 0 Å². The summed E-state index contributed by atoms with van der Waals surface area (Å²) in [7, 11) is 0. The van der Waals surface area contributed by atoms with Crippen LogP contribution in [0, 0.1) is 0 Å². The van der Waals surface area contributed by atoms with Gasteiger partial charge < -0.3 is 0 Å². The average molecular weight is 309 g/mol. The molecule has 1 aromatic carbocycles. The van der Waals surface area contributed by atoms with E-state index in [9.17, 15) is 0 Å². The summed E-state index contributed by atoms with van der Waals surface area (Å²) in [6.07, 6.45) is 2.22. The van der Waals surface area contributed by atoms with Crippen LogP contribution in [0.1, 0.15) is 29.3 Å². The van der Waals surface area contributed by atoms with Crippen LogP contribution in [0.3, 0.4) is 0 Å². The zero-order valence-corrected chi connectivity index (χ0v) is 13.2. The molecule has 0 saturated heterocycles. The fourth-order valence-electron chi connectivity index (χ4n) is 2.79. The van der Waals surface area contributed by atoms with E-state index in [1.54, 1.807) is 22.7 Å². The molecule has 0 amide bonds. The van der Waals surface area contributed by atoms with E-state index in [4.69, 9.17) is 4.99 Å². The first-order valence-corrected chi connectivity index (χ1v) is 8.95. The highest BCUT2D eigenvalue weighted by atomic mass is 32.1. The van der Waals surface area contributed by atoms with Crippen molar-refractivity contribution >= 4 is 28.4 Å². The normalized spacial score (nSPS) is 17.9. The second kappa shape index (κ2) is 5.58. The molecule has 0 radical (unpaired) electrons. The Labute approximate surface area is 132 Å². The maximum Gasteiger partial charge on any atom is 0.0756 e. The summed E-state index contributed by atoms with van der Waals surface area (Å²) in [6, 6.07) is 15.7. The van der Waals surface area contributed by atoms with Gasteiger partial charge in [0.15, 0.2) is 0 Å². The van der Waals surface area contributed by atoms with Gasteiger partial charge in [-0.05, 0) is 57.8 Å². The van der Waals surface area contributed by atoms with Crippen molar-refractivity contribution < 1.29 is 0 Å². The van der Waals surface area contributed by atoms with Gasteiger partial charge in [0.1, 0.15) is 0 Å². The topological polar surface area (TPSA) is 12.4 Å². The van der Waals surface area contributed by atoms with E-state index in [0.29, 0.717) is 6.04 Å². The quantitative estimate of drug-likeness (QED) is 0.579. The molecule has 1 unspecified atom stereocenters. The first-order valence-electron chi connectivity index (χ1n) is 7.13. The lowest BCUT2D eigenvalue weighted by Gasteiger charge is -2.07. The Hall–Kier alpha value is -1.71. The Morgan fingerprint density at radius 3 is 2.57 bits per heavy atom. The molecule has 0 spiro atoms. The Morgan fingerprint density at radius 2 is 1.86 bits per heavy atom. The summed E-state index contributed by atoms with van der Waals surface area (Å²) in [5, 5.41) is 6.44. The number of aliphatic imine (C=N–C) groups is 1. The minimum atomic E-state index is 0.332. The molecule has 3 heterocycles. The fraction of sp³-hybridized carbons (Fsp3) is 0.167. The standard InChI is InChI=1S/C18H15NS2/c1-2-18(21-10-1)17-8-7-16(19-17)14-5-3-13(4-6-14)15-9-11-20-12-15/h1-6,9-12,16H,7-8H2. The SMILES string of the molecule is c1csc(C2=NC(c3ccc(-c4ccsc4)cc3)CC2)c1. The molecule has 2 aromatic heterocycles. The summed E-state index contributed by atoms with van der Waals surface area (Å²) >= 11 is 3.53. The molecule has 4 rings (SSSR count). The second-order valence-electron chi connectivity index (χ2n) is 5.24. The molecule has 0 fully saturated rings. The van der Waals surface area contributed by atoms with Crippen LogP contribution in [0.4, 0.5) is 0 Å². The van der Waals surface area contributed by atoms with Gasteiger partial charge in [0.05, 0.1) is 11.8 Å². The Balaban J connectivity index is 1.57. The minimum absolute atomic E-state index is 0.332. The molecule has 3 aromatic rings. The number of nitrogens with zero attached hydrogens (tertiary/aromatic N) is 1. The van der Waals surface area contributed by atoms with Crippen molar-refractivity contribution in [3.05, 3.63) is 69.0 Å². The van der Waals surface area contributed by atoms with Crippen molar-refractivity contribution in [2.24, 2.45) is 4.99 Å². The van der Waals surface area contributed by atoms with Gasteiger partial charge in [0.25, 0.3) is 0 Å². The molecule has 0 bridgehead atoms. The Morgan fingerprint density at radius 1 is 0.952 bits per heavy atom. The van der Waals surface area contributed by atoms with E-state index in [-0.39, 0.29) is 0 Å². The van der Waals surface area contributed by atoms with Crippen molar-refractivity contribution in [3.63, 3.8) is 0 Å². The summed E-state index contributed by atoms with van der Waals surface area (Å²) in [4.78, 5) is 6.25. The largest absolute Gasteiger partial charge is 0.280 e. The number of thiophene rings is 2. The van der Waals surface area contributed by atoms with E-state index in [1.165, 1.54) is 27.3 Å². The van der Waals surface area contributed by atoms with E-state index in [1.807, 2.05) is 0 Å². The zero-order valence-electron chi connectivity index (χ0n) is 11.5. The lowest BCUT2D eigenvalue weighted by atomic mass is 10.0. The molecule has 21 heavy (non-hydrogen) atoms. The summed E-state index contributed by atoms with van der Waals surface area (Å²) in [5.74, 6) is 0. The molecule has 0 N–H and O–H groups in total. The highest BCUT2D eigenvalue weighted by Crippen LogP contribution is 2.33. The zero-order chi connectivity index (χ0) is 14.1. The van der Waals surface area contributed by atoms with Crippen molar-refractivity contribution in [1.29, 1.82) is 0 Å². The average Bonchev–Trinajstić information content (AvgIpc) is 3.27. The van der Waals surface area contributed by atoms with Gasteiger partial charge in [-0.15, -0.1) is 11.3 Å². The van der Waals surface area contributed by atoms with E-state index >= 15 is 0 Å². The van der Waals surface area contributed by atoms with Gasteiger partial charge in [-0.3, -0.25) is 4.99 Å². The molecular weight excluding hydrogens is 294 g/mol. The first-order chi connectivity index (χ1) is 10.4. The number of hydrogen-bond acceptors (Lipinski definition) is 3. The molecule has 3 heteroatoms. The number of rotatable bonds is 3. The van der Waals surface area contributed by atoms with E-state index in [0.717, 1.165) is 12.8 Å². The highest BCUT2D eigenvalue weighted by molar-refractivity contribution is 7.12. The number of benzene rings is 1. The molecule has 1 aliphatic heterocycles. The first kappa shape index (κ1) is 13.0. The molecule has 1 atom stereocenters. The van der Waals surface area contributed by atoms with E-state index in [2.05, 4.69) is 58.6 Å². The smallest absolute Gasteiger partial charge is 0.0756 e. The van der Waals surface area contributed by atoms with Crippen molar-refractivity contribution in [3.8, 4) is 11.1 Å². The van der Waals surface area contributed by atoms with Crippen molar-refractivity contribution in [2.75, 3.05) is 0 Å². The molecule has 104 valence electrons. The van der Waals surface area contributed by atoms with E-state index < -0.39 is 0 Å². The van der Waals surface area contributed by atoms with Gasteiger partial charge >= 0.3 is 0 Å². The molecular formula is C18H15NS2. The van der Waals surface area contributed by atoms with Gasteiger partial charge in [-0.25, -0.2) is 0 Å². The third-order valence-electron chi connectivity index (χ3n) is 3.92. The van der Waals surface area contributed by atoms with Gasteiger partial charge in [0, 0.05) is 4.88 Å². The molecule has 0 saturated carbocycles. The Bertz CT molecular complexity index is 737. The number of hydrogen-bond donors (Lipinski definition) is 0. The van der Waals surface area contributed by atoms with Crippen molar-refractivity contribution in [2.45, 2.75) is 18.9 Å². The van der Waals surface area contributed by atoms with Gasteiger partial charge in [-0.1, -0.05) is 30.3 Å². The van der Waals surface area contributed by atoms with Crippen LogP contribution in [0.5, 0.6) is 0 Å². The summed E-state index contributed by atoms with van der Waals surface area (Å²) < 4.78 is 0. The van der Waals surface area contributed by atoms with Crippen LogP contribution >= 0.6 is 22.7 Å². The van der Waals surface area contributed by atoms with Crippen LogP contribution < -0.4 is 0 Å². The lowest BCUT2D eigenvalue weighted by molar-refractivity contribution is 0.723. The molecule has 1 aliphatic rings. The maximum atomic E-state index is 4.92. The van der Waals surface area contributed by atoms with Crippen LogP contribution in [0.25, 0.3) is 11.1 Å². The maximum absolute atomic E-state index is 4.92. The Kier molecular flexibility index (Phi) is 3.45. The predicted molar refractivity (Wildman–Crippen MR) is 92.6 cm³/mol. The van der Waals surface area contributed by atoms with Gasteiger partial charge in [0.2, 0.25) is 0 Å². The summed E-state index contributed by atoms with van der Waals surface area (Å²) in [6.45, 7) is 0. The third-order valence-corrected chi connectivity index (χ3v) is 5.52. The van der Waals surface area contributed by atoms with Crippen LogP contribution in [0.15, 0.2) is 63.6 Å². The highest BCUT2D eigenvalue weighted by Gasteiger charge is 2.20. The summed E-state index contributed by atoms with van der Waals surface area (Å²) in [5.41, 5.74) is 5.21. The minimum Gasteiger partial charge on any atom is -0.280 e. The van der Waals surface area contributed by atoms with Crippen LogP contribution in [-0.4, -0.2) is 5.71 Å². The molecule has 1 nitrogen and oxygen atoms in total. The van der Waals surface area contributed by atoms with Crippen molar-refractivity contribution in [1.82, 2.24) is 0 Å². The lowest BCUT2D eigenvalue weighted by Crippen LogP contribution is -1.90. The second-order valence-corrected chi connectivity index (χ2v) is 6.97. The van der Waals surface area contributed by atoms with Crippen LogP contribution in [0.2, 0.25) is 0 Å². The third kappa shape index (κ3) is 2.59. The monoisotopic (exact) mass is 309 g/mol. The predicted octanol–water partition coefficient (Wildman–Crippen LogP) is 5.80.